The normalized spacial score (nSPS) is 20.7. The van der Waals surface area contributed by atoms with Gasteiger partial charge in [-0.1, -0.05) is 54.7 Å². The van der Waals surface area contributed by atoms with Crippen LogP contribution in [0.4, 0.5) is 0 Å². The first-order chi connectivity index (χ1) is 21.8. The molecule has 0 unspecified atom stereocenters. The standard InChI is InChI=1S/C33H32N2O10S/c1-16-27(17(2)36)28(24-13-9-11-22-10-7-8-12-23(22)24)25(14-34)33(46)35(16)32-31(44-21(6)40)30(43-20(5)39)29(42-19(4)38)26(45-32)15-41-18(3)37/h7-13,26,29-32H,15H2,1-6H3/t26-,29+,30+,31-,32-/m0/s1. The van der Waals surface area contributed by atoms with Crippen LogP contribution in [0.25, 0.3) is 21.9 Å². The van der Waals surface area contributed by atoms with Gasteiger partial charge in [-0.25, -0.2) is 0 Å². The van der Waals surface area contributed by atoms with E-state index in [-0.39, 0.29) is 21.5 Å². The highest BCUT2D eigenvalue weighted by Gasteiger charge is 2.53. The monoisotopic (exact) mass is 648 g/mol. The largest absolute Gasteiger partial charge is 0.463 e. The topological polar surface area (TPSA) is 160 Å². The Morgan fingerprint density at radius 1 is 0.848 bits per heavy atom. The summed E-state index contributed by atoms with van der Waals surface area (Å²) in [5, 5.41) is 12.2. The van der Waals surface area contributed by atoms with Gasteiger partial charge in [0.2, 0.25) is 0 Å². The first-order valence-electron chi connectivity index (χ1n) is 14.3. The number of carbonyl (C=O) groups is 5. The minimum absolute atomic E-state index is 0.0324. The number of benzene rings is 2. The molecule has 1 aliphatic heterocycles. The Labute approximate surface area is 269 Å². The highest BCUT2D eigenvalue weighted by Crippen LogP contribution is 2.41. The number of esters is 4. The number of hydrogen-bond donors (Lipinski definition) is 0. The highest BCUT2D eigenvalue weighted by molar-refractivity contribution is 7.71. The fourth-order valence-corrected chi connectivity index (χ4v) is 6.16. The van der Waals surface area contributed by atoms with Crippen molar-refractivity contribution in [3.05, 3.63) is 63.9 Å². The molecular formula is C33H32N2O10S. The summed E-state index contributed by atoms with van der Waals surface area (Å²) < 4.78 is 29.5. The third-order valence-corrected chi connectivity index (χ3v) is 7.80. The van der Waals surface area contributed by atoms with E-state index in [2.05, 4.69) is 6.07 Å². The third-order valence-electron chi connectivity index (χ3n) is 7.40. The second kappa shape index (κ2) is 14.0. The fourth-order valence-electron chi connectivity index (χ4n) is 5.77. The highest BCUT2D eigenvalue weighted by atomic mass is 32.1. The molecule has 0 aliphatic carbocycles. The summed E-state index contributed by atoms with van der Waals surface area (Å²) >= 11 is 5.88. The molecule has 240 valence electrons. The van der Waals surface area contributed by atoms with E-state index in [1.54, 1.807) is 13.0 Å². The third kappa shape index (κ3) is 6.83. The van der Waals surface area contributed by atoms with Gasteiger partial charge in [0.1, 0.15) is 23.4 Å². The number of ether oxygens (including phenoxy) is 5. The Kier molecular flexibility index (Phi) is 10.3. The minimum atomic E-state index is -1.50. The first-order valence-corrected chi connectivity index (χ1v) is 14.7. The zero-order valence-electron chi connectivity index (χ0n) is 26.0. The Morgan fingerprint density at radius 2 is 1.43 bits per heavy atom. The van der Waals surface area contributed by atoms with Crippen molar-refractivity contribution >= 4 is 52.7 Å². The van der Waals surface area contributed by atoms with E-state index in [0.717, 1.165) is 38.5 Å². The Balaban J connectivity index is 2.06. The van der Waals surface area contributed by atoms with Gasteiger partial charge in [0.25, 0.3) is 0 Å². The van der Waals surface area contributed by atoms with Gasteiger partial charge in [0, 0.05) is 44.5 Å². The molecule has 0 radical (unpaired) electrons. The van der Waals surface area contributed by atoms with E-state index in [4.69, 9.17) is 35.9 Å². The first kappa shape index (κ1) is 34.0. The molecule has 1 saturated heterocycles. The molecule has 1 aromatic heterocycles. The van der Waals surface area contributed by atoms with Crippen molar-refractivity contribution in [2.45, 2.75) is 72.2 Å². The van der Waals surface area contributed by atoms with E-state index in [1.165, 1.54) is 11.5 Å². The van der Waals surface area contributed by atoms with Crippen LogP contribution in [0.5, 0.6) is 0 Å². The van der Waals surface area contributed by atoms with Gasteiger partial charge in [-0.15, -0.1) is 0 Å². The molecule has 1 fully saturated rings. The average Bonchev–Trinajstić information content (AvgIpc) is 2.97. The molecule has 0 bridgehead atoms. The molecule has 5 atom stereocenters. The van der Waals surface area contributed by atoms with Gasteiger partial charge in [0.15, 0.2) is 30.3 Å². The van der Waals surface area contributed by atoms with Gasteiger partial charge < -0.3 is 28.3 Å². The molecule has 0 saturated carbocycles. The number of nitrogens with zero attached hydrogens (tertiary/aromatic N) is 2. The molecule has 4 rings (SSSR count). The smallest absolute Gasteiger partial charge is 0.303 e. The van der Waals surface area contributed by atoms with Gasteiger partial charge in [-0.3, -0.25) is 24.0 Å². The minimum Gasteiger partial charge on any atom is -0.463 e. The molecule has 3 aromatic rings. The van der Waals surface area contributed by atoms with Crippen LogP contribution in [-0.4, -0.2) is 65.3 Å². The van der Waals surface area contributed by atoms with Crippen LogP contribution >= 0.6 is 12.2 Å². The maximum absolute atomic E-state index is 13.4. The number of ketones is 1. The van der Waals surface area contributed by atoms with Crippen molar-refractivity contribution in [3.63, 3.8) is 0 Å². The van der Waals surface area contributed by atoms with Crippen molar-refractivity contribution in [2.24, 2.45) is 0 Å². The number of nitriles is 1. The molecule has 1 aliphatic rings. The van der Waals surface area contributed by atoms with Gasteiger partial charge in [-0.2, -0.15) is 5.26 Å². The lowest BCUT2D eigenvalue weighted by molar-refractivity contribution is -0.269. The quantitative estimate of drug-likeness (QED) is 0.144. The van der Waals surface area contributed by atoms with Crippen molar-refractivity contribution < 1.29 is 47.7 Å². The average molecular weight is 649 g/mol. The van der Waals surface area contributed by atoms with Gasteiger partial charge in [0.05, 0.1) is 5.56 Å². The number of aromatic nitrogens is 1. The van der Waals surface area contributed by atoms with Crippen molar-refractivity contribution in [3.8, 4) is 17.2 Å². The Hall–Kier alpha value is -4.93. The fraction of sp³-hybridized carbons (Fsp3) is 0.364. The van der Waals surface area contributed by atoms with Crippen LogP contribution in [0.3, 0.4) is 0 Å². The number of rotatable bonds is 8. The summed E-state index contributed by atoms with van der Waals surface area (Å²) in [5.41, 5.74) is 1.28. The van der Waals surface area contributed by atoms with Crippen LogP contribution in [0.15, 0.2) is 42.5 Å². The molecule has 2 heterocycles. The number of carbonyl (C=O) groups excluding carboxylic acids is 5. The summed E-state index contributed by atoms with van der Waals surface area (Å²) in [6.07, 6.45) is -7.08. The van der Waals surface area contributed by atoms with Crippen LogP contribution in [0, 0.1) is 22.9 Å². The van der Waals surface area contributed by atoms with Crippen LogP contribution in [0.1, 0.15) is 62.5 Å². The number of hydrogen-bond acceptors (Lipinski definition) is 12. The van der Waals surface area contributed by atoms with E-state index in [9.17, 15) is 29.2 Å². The number of fused-ring (bicyclic) bond motifs is 1. The lowest BCUT2D eigenvalue weighted by Gasteiger charge is -2.45. The van der Waals surface area contributed by atoms with Gasteiger partial charge in [-0.05, 0) is 30.2 Å². The molecule has 13 heteroatoms. The zero-order valence-corrected chi connectivity index (χ0v) is 26.8. The molecule has 2 aromatic carbocycles. The van der Waals surface area contributed by atoms with Crippen molar-refractivity contribution in [2.75, 3.05) is 6.61 Å². The van der Waals surface area contributed by atoms with Crippen LogP contribution in [-0.2, 0) is 42.9 Å². The van der Waals surface area contributed by atoms with E-state index in [0.29, 0.717) is 11.1 Å². The van der Waals surface area contributed by atoms with E-state index in [1.807, 2.05) is 36.4 Å². The molecule has 46 heavy (non-hydrogen) atoms. The summed E-state index contributed by atoms with van der Waals surface area (Å²) in [6.45, 7) is 6.99. The van der Waals surface area contributed by atoms with E-state index < -0.39 is 66.9 Å². The number of pyridine rings is 1. The maximum atomic E-state index is 13.4. The van der Waals surface area contributed by atoms with Crippen LogP contribution in [0.2, 0.25) is 0 Å². The molecule has 0 N–H and O–H groups in total. The molecular weight excluding hydrogens is 616 g/mol. The Morgan fingerprint density at radius 3 is 2.02 bits per heavy atom. The predicted octanol–water partition coefficient (Wildman–Crippen LogP) is 4.68. The van der Waals surface area contributed by atoms with Gasteiger partial charge >= 0.3 is 23.9 Å². The predicted molar refractivity (Wildman–Crippen MR) is 165 cm³/mol. The Bertz CT molecular complexity index is 1840. The lowest BCUT2D eigenvalue weighted by atomic mass is 9.89. The molecule has 0 amide bonds. The second-order valence-corrected chi connectivity index (χ2v) is 11.1. The number of Topliss-reactive ketones (excluding diaryl/α,β-unsaturated/α-hetero) is 1. The summed E-state index contributed by atoms with van der Waals surface area (Å²) in [7, 11) is 0. The SMILES string of the molecule is CC(=O)OC[C@@H]1O[C@H](n2c(C)c(C(C)=O)c(-c3cccc4ccccc34)c(C#N)c2=S)[C@@H](OC(C)=O)[C@H](OC(C)=O)[C@@H]1OC(C)=O. The zero-order chi connectivity index (χ0) is 33.9. The van der Waals surface area contributed by atoms with Crippen molar-refractivity contribution in [1.29, 1.82) is 5.26 Å². The summed E-state index contributed by atoms with van der Waals surface area (Å²) in [5.74, 6) is -3.46. The molecule has 0 spiro atoms. The van der Waals surface area contributed by atoms with Crippen molar-refractivity contribution in [1.82, 2.24) is 4.57 Å². The lowest BCUT2D eigenvalue weighted by Crippen LogP contribution is -2.60. The summed E-state index contributed by atoms with van der Waals surface area (Å²) in [4.78, 5) is 62.1. The van der Waals surface area contributed by atoms with Crippen LogP contribution < -0.4 is 0 Å². The molecule has 12 nitrogen and oxygen atoms in total. The maximum Gasteiger partial charge on any atom is 0.303 e. The van der Waals surface area contributed by atoms with E-state index >= 15 is 0 Å². The summed E-state index contributed by atoms with van der Waals surface area (Å²) in [6, 6.07) is 15.1. The second-order valence-electron chi connectivity index (χ2n) is 10.7.